The van der Waals surface area contributed by atoms with E-state index < -0.39 is 0 Å². The molecule has 11 heavy (non-hydrogen) atoms. The number of amides is 1. The number of piperidine rings is 1. The number of nitrogens with one attached hydrogen (secondary N) is 2. The molecule has 1 amide bonds. The minimum Gasteiger partial charge on any atom is -0.356 e. The maximum atomic E-state index is 10.9. The van der Waals surface area contributed by atoms with Gasteiger partial charge in [0.25, 0.3) is 0 Å². The highest BCUT2D eigenvalue weighted by atomic mass is 16.1. The number of hydrogen-bond acceptors (Lipinski definition) is 2. The summed E-state index contributed by atoms with van der Waals surface area (Å²) in [4.78, 5) is 10.9. The average molecular weight is 156 g/mol. The summed E-state index contributed by atoms with van der Waals surface area (Å²) in [7, 11) is 0. The van der Waals surface area contributed by atoms with Crippen LogP contribution in [0.4, 0.5) is 0 Å². The maximum Gasteiger partial charge on any atom is 0.221 e. The molecule has 1 fully saturated rings. The van der Waals surface area contributed by atoms with Crippen LogP contribution in [0.15, 0.2) is 0 Å². The Morgan fingerprint density at radius 3 is 3.18 bits per heavy atom. The predicted molar refractivity (Wildman–Crippen MR) is 44.3 cm³/mol. The van der Waals surface area contributed by atoms with Crippen LogP contribution in [-0.2, 0) is 4.79 Å². The largest absolute Gasteiger partial charge is 0.356 e. The highest BCUT2D eigenvalue weighted by molar-refractivity contribution is 5.77. The van der Waals surface area contributed by atoms with E-state index in [2.05, 4.69) is 17.6 Å². The number of rotatable bonds is 3. The Balaban J connectivity index is 2.17. The summed E-state index contributed by atoms with van der Waals surface area (Å²) in [5, 5.41) is 6.15. The fraction of sp³-hybridized carbons (Fsp3) is 0.875. The lowest BCUT2D eigenvalue weighted by Gasteiger charge is -2.22. The van der Waals surface area contributed by atoms with E-state index >= 15 is 0 Å². The maximum absolute atomic E-state index is 10.9. The minimum absolute atomic E-state index is 0.185. The molecule has 0 aromatic heterocycles. The summed E-state index contributed by atoms with van der Waals surface area (Å²) in [5.41, 5.74) is 0. The first-order valence-electron chi connectivity index (χ1n) is 4.33. The summed E-state index contributed by atoms with van der Waals surface area (Å²) in [6.45, 7) is 3.99. The van der Waals surface area contributed by atoms with E-state index in [1.165, 1.54) is 0 Å². The standard InChI is InChI=1S/C8H16N2O/c1-2-4-9-7-3-5-10-8(11)6-7/h7,9H,2-6H2,1H3,(H,10,11)/t7-/m0/s1. The van der Waals surface area contributed by atoms with Crippen molar-refractivity contribution < 1.29 is 4.79 Å². The Morgan fingerprint density at radius 2 is 2.55 bits per heavy atom. The zero-order chi connectivity index (χ0) is 8.10. The van der Waals surface area contributed by atoms with Crippen LogP contribution in [0.25, 0.3) is 0 Å². The Hall–Kier alpha value is -0.570. The first kappa shape index (κ1) is 8.53. The lowest BCUT2D eigenvalue weighted by molar-refractivity contribution is -0.122. The summed E-state index contributed by atoms with van der Waals surface area (Å²) in [6, 6.07) is 0.420. The molecule has 0 aliphatic carbocycles. The third-order valence-corrected chi connectivity index (χ3v) is 1.93. The van der Waals surface area contributed by atoms with Crippen LogP contribution in [0.1, 0.15) is 26.2 Å². The summed E-state index contributed by atoms with van der Waals surface area (Å²) < 4.78 is 0. The van der Waals surface area contributed by atoms with Gasteiger partial charge in [-0.1, -0.05) is 6.92 Å². The molecule has 2 N–H and O–H groups in total. The molecule has 0 radical (unpaired) electrons. The van der Waals surface area contributed by atoms with Gasteiger partial charge in [0.05, 0.1) is 0 Å². The molecule has 0 aromatic carbocycles. The monoisotopic (exact) mass is 156 g/mol. The van der Waals surface area contributed by atoms with Gasteiger partial charge in [0, 0.05) is 19.0 Å². The topological polar surface area (TPSA) is 41.1 Å². The summed E-state index contributed by atoms with van der Waals surface area (Å²) in [6.07, 6.45) is 2.86. The quantitative estimate of drug-likeness (QED) is 0.615. The van der Waals surface area contributed by atoms with Gasteiger partial charge in [-0.05, 0) is 19.4 Å². The molecule has 1 aliphatic heterocycles. The third kappa shape index (κ3) is 2.89. The molecule has 1 heterocycles. The van der Waals surface area contributed by atoms with Crippen molar-refractivity contribution in [3.8, 4) is 0 Å². The number of carbonyl (C=O) groups is 1. The van der Waals surface area contributed by atoms with Crippen molar-refractivity contribution in [3.05, 3.63) is 0 Å². The van der Waals surface area contributed by atoms with Crippen molar-refractivity contribution in [2.24, 2.45) is 0 Å². The highest BCUT2D eigenvalue weighted by Gasteiger charge is 2.17. The smallest absolute Gasteiger partial charge is 0.221 e. The molecule has 0 aromatic rings. The average Bonchev–Trinajstić information content (AvgIpc) is 2.01. The fourth-order valence-corrected chi connectivity index (χ4v) is 1.31. The number of carbonyl (C=O) groups excluding carboxylic acids is 1. The Bertz CT molecular complexity index is 136. The number of hydrogen-bond donors (Lipinski definition) is 2. The molecule has 1 saturated heterocycles. The lowest BCUT2D eigenvalue weighted by atomic mass is 10.1. The highest BCUT2D eigenvalue weighted by Crippen LogP contribution is 2.02. The molecule has 0 spiro atoms. The van der Waals surface area contributed by atoms with Crippen LogP contribution in [0.5, 0.6) is 0 Å². The molecule has 1 rings (SSSR count). The minimum atomic E-state index is 0.185. The zero-order valence-electron chi connectivity index (χ0n) is 7.02. The predicted octanol–water partition coefficient (Wildman–Crippen LogP) is 0.265. The van der Waals surface area contributed by atoms with Crippen molar-refractivity contribution >= 4 is 5.91 Å². The third-order valence-electron chi connectivity index (χ3n) is 1.93. The van der Waals surface area contributed by atoms with Gasteiger partial charge < -0.3 is 10.6 Å². The van der Waals surface area contributed by atoms with Gasteiger partial charge >= 0.3 is 0 Å². The van der Waals surface area contributed by atoms with Crippen LogP contribution in [0, 0.1) is 0 Å². The van der Waals surface area contributed by atoms with Gasteiger partial charge in [-0.2, -0.15) is 0 Å². The second-order valence-corrected chi connectivity index (χ2v) is 2.99. The van der Waals surface area contributed by atoms with Crippen molar-refractivity contribution in [2.45, 2.75) is 32.2 Å². The second-order valence-electron chi connectivity index (χ2n) is 2.99. The summed E-state index contributed by atoms with van der Waals surface area (Å²) >= 11 is 0. The van der Waals surface area contributed by atoms with Gasteiger partial charge in [-0.15, -0.1) is 0 Å². The molecule has 1 atom stereocenters. The molecule has 0 saturated carbocycles. The van der Waals surface area contributed by atoms with Gasteiger partial charge in [0.1, 0.15) is 0 Å². The van der Waals surface area contributed by atoms with E-state index in [-0.39, 0.29) is 5.91 Å². The van der Waals surface area contributed by atoms with E-state index in [4.69, 9.17) is 0 Å². The van der Waals surface area contributed by atoms with E-state index in [0.29, 0.717) is 12.5 Å². The van der Waals surface area contributed by atoms with Crippen molar-refractivity contribution in [2.75, 3.05) is 13.1 Å². The van der Waals surface area contributed by atoms with Gasteiger partial charge in [0.2, 0.25) is 5.91 Å². The molecule has 64 valence electrons. The molecule has 3 heteroatoms. The normalized spacial score (nSPS) is 24.8. The van der Waals surface area contributed by atoms with Crippen LogP contribution < -0.4 is 10.6 Å². The zero-order valence-corrected chi connectivity index (χ0v) is 7.02. The van der Waals surface area contributed by atoms with Gasteiger partial charge in [-0.3, -0.25) is 4.79 Å². The van der Waals surface area contributed by atoms with Crippen LogP contribution >= 0.6 is 0 Å². The van der Waals surface area contributed by atoms with Crippen molar-refractivity contribution in [3.63, 3.8) is 0 Å². The van der Waals surface area contributed by atoms with E-state index in [0.717, 1.165) is 25.9 Å². The van der Waals surface area contributed by atoms with E-state index in [1.807, 2.05) is 0 Å². The fourth-order valence-electron chi connectivity index (χ4n) is 1.31. The first-order valence-corrected chi connectivity index (χ1v) is 4.33. The molecular formula is C8H16N2O. The lowest BCUT2D eigenvalue weighted by Crippen LogP contribution is -2.43. The van der Waals surface area contributed by atoms with E-state index in [1.54, 1.807) is 0 Å². The van der Waals surface area contributed by atoms with Crippen molar-refractivity contribution in [1.82, 2.24) is 10.6 Å². The molecule has 0 unspecified atom stereocenters. The Kier molecular flexibility index (Phi) is 3.36. The van der Waals surface area contributed by atoms with Crippen molar-refractivity contribution in [1.29, 1.82) is 0 Å². The van der Waals surface area contributed by atoms with Crippen LogP contribution in [0.2, 0.25) is 0 Å². The Labute approximate surface area is 67.5 Å². The second kappa shape index (κ2) is 4.34. The van der Waals surface area contributed by atoms with Crippen LogP contribution in [-0.4, -0.2) is 25.0 Å². The summed E-state index contributed by atoms with van der Waals surface area (Å²) in [5.74, 6) is 0.185. The SMILES string of the molecule is CCCN[C@H]1CCNC(=O)C1. The Morgan fingerprint density at radius 1 is 1.73 bits per heavy atom. The molecule has 1 aliphatic rings. The molecule has 0 bridgehead atoms. The van der Waals surface area contributed by atoms with Crippen LogP contribution in [0.3, 0.4) is 0 Å². The molecular weight excluding hydrogens is 140 g/mol. The van der Waals surface area contributed by atoms with E-state index in [9.17, 15) is 4.79 Å². The van der Waals surface area contributed by atoms with Gasteiger partial charge in [-0.25, -0.2) is 0 Å². The van der Waals surface area contributed by atoms with Gasteiger partial charge in [0.15, 0.2) is 0 Å². The first-order chi connectivity index (χ1) is 5.33. The molecule has 3 nitrogen and oxygen atoms in total.